The standard InChI is InChI=1S/C22H17NO/c1-2-15-24-21-14-13-19(17-9-5-3-6-10-17)22(20(21)16-23)18-11-7-4-8-12-18/h2-14H,1,15H2. The van der Waals surface area contributed by atoms with E-state index < -0.39 is 0 Å². The Balaban J connectivity index is 2.27. The zero-order valence-electron chi connectivity index (χ0n) is 13.3. The van der Waals surface area contributed by atoms with Gasteiger partial charge in [-0.3, -0.25) is 0 Å². The molecule has 3 aromatic rings. The summed E-state index contributed by atoms with van der Waals surface area (Å²) in [6.45, 7) is 4.04. The van der Waals surface area contributed by atoms with E-state index in [-0.39, 0.29) is 0 Å². The molecule has 2 nitrogen and oxygen atoms in total. The minimum absolute atomic E-state index is 0.369. The number of nitriles is 1. The Labute approximate surface area is 142 Å². The molecule has 0 heterocycles. The second kappa shape index (κ2) is 7.30. The fourth-order valence-electron chi connectivity index (χ4n) is 2.73. The van der Waals surface area contributed by atoms with Gasteiger partial charge in [0.1, 0.15) is 24.0 Å². The van der Waals surface area contributed by atoms with Gasteiger partial charge in [0.05, 0.1) is 0 Å². The molecular weight excluding hydrogens is 294 g/mol. The highest BCUT2D eigenvalue weighted by Gasteiger charge is 2.17. The fraction of sp³-hybridized carbons (Fsp3) is 0.0455. The lowest BCUT2D eigenvalue weighted by molar-refractivity contribution is 0.362. The first-order chi connectivity index (χ1) is 11.8. The van der Waals surface area contributed by atoms with Crippen LogP contribution in [0.25, 0.3) is 22.3 Å². The average Bonchev–Trinajstić information content (AvgIpc) is 2.67. The number of hydrogen-bond donors (Lipinski definition) is 0. The van der Waals surface area contributed by atoms with E-state index in [2.05, 4.69) is 12.6 Å². The molecule has 0 radical (unpaired) electrons. The molecule has 0 spiro atoms. The molecule has 0 atom stereocenters. The quantitative estimate of drug-likeness (QED) is 0.586. The van der Waals surface area contributed by atoms with Crippen molar-refractivity contribution in [2.24, 2.45) is 0 Å². The van der Waals surface area contributed by atoms with Gasteiger partial charge in [-0.05, 0) is 28.8 Å². The zero-order valence-corrected chi connectivity index (χ0v) is 13.3. The van der Waals surface area contributed by atoms with Crippen molar-refractivity contribution in [2.75, 3.05) is 6.61 Å². The lowest BCUT2D eigenvalue weighted by Crippen LogP contribution is -1.99. The fourth-order valence-corrected chi connectivity index (χ4v) is 2.73. The van der Waals surface area contributed by atoms with Crippen LogP contribution in [0.5, 0.6) is 5.75 Å². The summed E-state index contributed by atoms with van der Waals surface area (Å²) in [6, 6.07) is 26.2. The van der Waals surface area contributed by atoms with Crippen LogP contribution in [-0.2, 0) is 0 Å². The SMILES string of the molecule is C=CCOc1ccc(-c2ccccc2)c(-c2ccccc2)c1C#N. The first kappa shape index (κ1) is 15.6. The van der Waals surface area contributed by atoms with Gasteiger partial charge >= 0.3 is 0 Å². The Kier molecular flexibility index (Phi) is 4.74. The Bertz CT molecular complexity index is 877. The van der Waals surface area contributed by atoms with E-state index in [1.54, 1.807) is 6.08 Å². The van der Waals surface area contributed by atoms with Crippen LogP contribution < -0.4 is 4.74 Å². The van der Waals surface area contributed by atoms with Crippen molar-refractivity contribution < 1.29 is 4.74 Å². The molecule has 0 aliphatic carbocycles. The Morgan fingerprint density at radius 2 is 1.50 bits per heavy atom. The summed E-state index contributed by atoms with van der Waals surface area (Å²) in [5.41, 5.74) is 4.53. The first-order valence-electron chi connectivity index (χ1n) is 7.76. The first-order valence-corrected chi connectivity index (χ1v) is 7.76. The summed E-state index contributed by atoms with van der Waals surface area (Å²) in [5.74, 6) is 0.580. The van der Waals surface area contributed by atoms with Crippen molar-refractivity contribution in [3.63, 3.8) is 0 Å². The van der Waals surface area contributed by atoms with E-state index in [1.807, 2.05) is 72.8 Å². The van der Waals surface area contributed by atoms with E-state index in [0.29, 0.717) is 17.9 Å². The summed E-state index contributed by atoms with van der Waals surface area (Å²) in [6.07, 6.45) is 1.68. The van der Waals surface area contributed by atoms with Gasteiger partial charge < -0.3 is 4.74 Å². The minimum Gasteiger partial charge on any atom is -0.488 e. The molecule has 24 heavy (non-hydrogen) atoms. The number of nitrogens with zero attached hydrogens (tertiary/aromatic N) is 1. The highest BCUT2D eigenvalue weighted by atomic mass is 16.5. The van der Waals surface area contributed by atoms with Gasteiger partial charge in [0.25, 0.3) is 0 Å². The topological polar surface area (TPSA) is 33.0 Å². The summed E-state index contributed by atoms with van der Waals surface area (Å²) in [5, 5.41) is 9.78. The highest BCUT2D eigenvalue weighted by Crippen LogP contribution is 2.39. The normalized spacial score (nSPS) is 9.96. The molecule has 2 heteroatoms. The van der Waals surface area contributed by atoms with Gasteiger partial charge in [-0.2, -0.15) is 5.26 Å². The maximum atomic E-state index is 9.78. The molecule has 0 aromatic heterocycles. The van der Waals surface area contributed by atoms with Crippen LogP contribution in [0.3, 0.4) is 0 Å². The van der Waals surface area contributed by atoms with Crippen LogP contribution in [0.15, 0.2) is 85.5 Å². The summed E-state index contributed by atoms with van der Waals surface area (Å²) in [7, 11) is 0. The van der Waals surface area contributed by atoms with E-state index in [1.165, 1.54) is 0 Å². The Hall–Kier alpha value is -3.31. The molecule has 116 valence electrons. The van der Waals surface area contributed by atoms with Crippen LogP contribution in [0, 0.1) is 11.3 Å². The van der Waals surface area contributed by atoms with Crippen molar-refractivity contribution in [2.45, 2.75) is 0 Å². The monoisotopic (exact) mass is 311 g/mol. The third kappa shape index (κ3) is 3.06. The number of rotatable bonds is 5. The van der Waals surface area contributed by atoms with Crippen molar-refractivity contribution in [3.8, 4) is 34.1 Å². The van der Waals surface area contributed by atoms with Gasteiger partial charge in [-0.1, -0.05) is 73.3 Å². The third-order valence-electron chi connectivity index (χ3n) is 3.78. The van der Waals surface area contributed by atoms with Gasteiger partial charge in [-0.25, -0.2) is 0 Å². The molecule has 0 fully saturated rings. The number of benzene rings is 3. The minimum atomic E-state index is 0.369. The smallest absolute Gasteiger partial charge is 0.138 e. The van der Waals surface area contributed by atoms with Crippen LogP contribution in [0.2, 0.25) is 0 Å². The Morgan fingerprint density at radius 3 is 2.08 bits per heavy atom. The van der Waals surface area contributed by atoms with E-state index in [9.17, 15) is 5.26 Å². The highest BCUT2D eigenvalue weighted by molar-refractivity contribution is 5.89. The Morgan fingerprint density at radius 1 is 0.875 bits per heavy atom. The van der Waals surface area contributed by atoms with Crippen LogP contribution in [-0.4, -0.2) is 6.61 Å². The summed E-state index contributed by atoms with van der Waals surface area (Å²) >= 11 is 0. The van der Waals surface area contributed by atoms with Gasteiger partial charge in [0.15, 0.2) is 0 Å². The second-order valence-electron chi connectivity index (χ2n) is 5.30. The van der Waals surface area contributed by atoms with Crippen LogP contribution in [0.4, 0.5) is 0 Å². The molecule has 0 bridgehead atoms. The average molecular weight is 311 g/mol. The molecule has 3 rings (SSSR count). The van der Waals surface area contributed by atoms with Crippen molar-refractivity contribution in [3.05, 3.63) is 91.0 Å². The van der Waals surface area contributed by atoms with E-state index >= 15 is 0 Å². The predicted molar refractivity (Wildman–Crippen MR) is 97.7 cm³/mol. The molecule has 0 amide bonds. The maximum absolute atomic E-state index is 9.78. The zero-order chi connectivity index (χ0) is 16.8. The summed E-state index contributed by atoms with van der Waals surface area (Å²) in [4.78, 5) is 0. The lowest BCUT2D eigenvalue weighted by Gasteiger charge is -2.15. The lowest BCUT2D eigenvalue weighted by atomic mass is 9.90. The second-order valence-corrected chi connectivity index (χ2v) is 5.30. The molecular formula is C22H17NO. The predicted octanol–water partition coefficient (Wildman–Crippen LogP) is 5.46. The van der Waals surface area contributed by atoms with Crippen molar-refractivity contribution >= 4 is 0 Å². The molecule has 3 aromatic carbocycles. The molecule has 0 unspecified atom stereocenters. The van der Waals surface area contributed by atoms with Crippen LogP contribution >= 0.6 is 0 Å². The van der Waals surface area contributed by atoms with E-state index in [0.717, 1.165) is 22.3 Å². The molecule has 0 N–H and O–H groups in total. The molecule has 0 aliphatic heterocycles. The third-order valence-corrected chi connectivity index (χ3v) is 3.78. The van der Waals surface area contributed by atoms with E-state index in [4.69, 9.17) is 4.74 Å². The largest absolute Gasteiger partial charge is 0.488 e. The molecule has 0 saturated carbocycles. The van der Waals surface area contributed by atoms with Crippen LogP contribution in [0.1, 0.15) is 5.56 Å². The molecule has 0 aliphatic rings. The van der Waals surface area contributed by atoms with Gasteiger partial charge in [0, 0.05) is 5.56 Å². The number of ether oxygens (including phenoxy) is 1. The van der Waals surface area contributed by atoms with Crippen molar-refractivity contribution in [1.29, 1.82) is 5.26 Å². The summed E-state index contributed by atoms with van der Waals surface area (Å²) < 4.78 is 5.69. The number of hydrogen-bond acceptors (Lipinski definition) is 2. The van der Waals surface area contributed by atoms with Crippen molar-refractivity contribution in [1.82, 2.24) is 0 Å². The maximum Gasteiger partial charge on any atom is 0.138 e. The molecule has 0 saturated heterocycles. The van der Waals surface area contributed by atoms with Gasteiger partial charge in [-0.15, -0.1) is 0 Å². The van der Waals surface area contributed by atoms with Gasteiger partial charge in [0.2, 0.25) is 0 Å².